The number of benzene rings is 2. The maximum atomic E-state index is 15.2. The predicted molar refractivity (Wildman–Crippen MR) is 118 cm³/mol. The second-order valence-corrected chi connectivity index (χ2v) is 12.3. The molecule has 0 aliphatic heterocycles. The summed E-state index contributed by atoms with van der Waals surface area (Å²) in [7, 11) is -2.02. The quantitative estimate of drug-likeness (QED) is 0.122. The summed E-state index contributed by atoms with van der Waals surface area (Å²) in [5.74, 6) is -23.5. The van der Waals surface area contributed by atoms with Gasteiger partial charge in [-0.05, 0) is 32.1 Å². The Labute approximate surface area is 203 Å². The Balaban J connectivity index is 2.08. The van der Waals surface area contributed by atoms with Crippen molar-refractivity contribution in [1.29, 1.82) is 0 Å². The Kier molecular flexibility index (Phi) is 8.27. The van der Waals surface area contributed by atoms with Crippen LogP contribution in [-0.4, -0.2) is 17.8 Å². The fraction of sp³-hybridized carbons (Fsp3) is 0.500. The molecule has 0 amide bonds. The summed E-state index contributed by atoms with van der Waals surface area (Å²) in [5, 5.41) is 0. The van der Waals surface area contributed by atoms with Gasteiger partial charge in [0.1, 0.15) is 23.3 Å². The van der Waals surface area contributed by atoms with Crippen LogP contribution in [-0.2, 0) is 0 Å². The zero-order chi connectivity index (χ0) is 26.3. The van der Waals surface area contributed by atoms with Crippen LogP contribution in [0.3, 0.4) is 0 Å². The van der Waals surface area contributed by atoms with Crippen molar-refractivity contribution in [2.75, 3.05) is 0 Å². The third-order valence-corrected chi connectivity index (χ3v) is 11.2. The lowest BCUT2D eigenvalue weighted by Gasteiger charge is -2.52. The van der Waals surface area contributed by atoms with Crippen LogP contribution in [0.4, 0.5) is 43.9 Å². The zero-order valence-electron chi connectivity index (χ0n) is 19.0. The van der Waals surface area contributed by atoms with Crippen LogP contribution in [0.1, 0.15) is 64.2 Å². The SMILES string of the molecule is Fc1c(F)c(F)c([B-](c2c(F)c(F)c(F)c(F)c2F)P(C2CCCCC2)C2CCCCC2)c(F)c1F. The van der Waals surface area contributed by atoms with Crippen LogP contribution in [0.5, 0.6) is 0 Å². The Hall–Kier alpha value is -1.77. The molecule has 0 saturated heterocycles. The van der Waals surface area contributed by atoms with E-state index < -0.39 is 94.6 Å². The smallest absolute Gasteiger partial charge is 0.200 e. The van der Waals surface area contributed by atoms with Gasteiger partial charge in [-0.3, -0.25) is 7.80 Å². The summed E-state index contributed by atoms with van der Waals surface area (Å²) in [6, 6.07) is 0. The molecule has 36 heavy (non-hydrogen) atoms. The molecule has 0 N–H and O–H groups in total. The van der Waals surface area contributed by atoms with Crippen molar-refractivity contribution in [3.63, 3.8) is 0 Å². The molecule has 1 radical (unpaired) electrons. The number of halogens is 10. The molecule has 2 fully saturated rings. The Bertz CT molecular complexity index is 999. The Morgan fingerprint density at radius 2 is 0.639 bits per heavy atom. The van der Waals surface area contributed by atoms with E-state index in [9.17, 15) is 26.3 Å². The first kappa shape index (κ1) is 27.3. The third kappa shape index (κ3) is 4.65. The molecule has 4 rings (SSSR count). The van der Waals surface area contributed by atoms with Crippen molar-refractivity contribution >= 4 is 25.2 Å². The fourth-order valence-corrected chi connectivity index (χ4v) is 10.1. The highest BCUT2D eigenvalue weighted by Crippen LogP contribution is 2.57. The van der Waals surface area contributed by atoms with Crippen LogP contribution in [0.15, 0.2) is 0 Å². The van der Waals surface area contributed by atoms with Gasteiger partial charge in [-0.25, -0.2) is 43.9 Å². The summed E-state index contributed by atoms with van der Waals surface area (Å²) in [4.78, 5) is 0. The molecule has 197 valence electrons. The van der Waals surface area contributed by atoms with Crippen LogP contribution in [0.25, 0.3) is 0 Å². The van der Waals surface area contributed by atoms with Gasteiger partial charge in [0, 0.05) is 0 Å². The first-order valence-corrected chi connectivity index (χ1v) is 13.4. The van der Waals surface area contributed by atoms with Gasteiger partial charge in [0.2, 0.25) is 0 Å². The maximum absolute atomic E-state index is 15.2. The van der Waals surface area contributed by atoms with Crippen molar-refractivity contribution in [3.05, 3.63) is 58.2 Å². The van der Waals surface area contributed by atoms with E-state index in [0.717, 1.165) is 12.8 Å². The molecule has 2 aliphatic rings. The van der Waals surface area contributed by atoms with Gasteiger partial charge in [-0.2, -0.15) is 10.9 Å². The maximum Gasteiger partial charge on any atom is 0.200 e. The lowest BCUT2D eigenvalue weighted by atomic mass is 9.60. The molecular formula is C24H22BF10P-. The van der Waals surface area contributed by atoms with Crippen LogP contribution >= 0.6 is 7.80 Å². The molecule has 0 spiro atoms. The summed E-state index contributed by atoms with van der Waals surface area (Å²) in [6.45, 7) is 0. The summed E-state index contributed by atoms with van der Waals surface area (Å²) < 4.78 is 146. The van der Waals surface area contributed by atoms with Crippen molar-refractivity contribution in [1.82, 2.24) is 0 Å². The molecule has 2 aromatic rings. The van der Waals surface area contributed by atoms with E-state index in [1.54, 1.807) is 0 Å². The molecule has 0 heterocycles. The lowest BCUT2D eigenvalue weighted by molar-refractivity contribution is 0.382. The van der Waals surface area contributed by atoms with Crippen molar-refractivity contribution in [2.45, 2.75) is 75.5 Å². The summed E-state index contributed by atoms with van der Waals surface area (Å²) >= 11 is 0. The first-order valence-electron chi connectivity index (χ1n) is 11.9. The molecule has 2 aliphatic carbocycles. The third-order valence-electron chi connectivity index (χ3n) is 7.33. The van der Waals surface area contributed by atoms with Gasteiger partial charge in [0.15, 0.2) is 34.9 Å². The average Bonchev–Trinajstić information content (AvgIpc) is 2.90. The monoisotopic (exact) mass is 542 g/mol. The van der Waals surface area contributed by atoms with Gasteiger partial charge >= 0.3 is 0 Å². The topological polar surface area (TPSA) is 0 Å². The molecule has 0 atom stereocenters. The molecule has 0 bridgehead atoms. The molecule has 0 unspecified atom stereocenters. The zero-order valence-corrected chi connectivity index (χ0v) is 19.9. The summed E-state index contributed by atoms with van der Waals surface area (Å²) in [5.41, 5.74) is -3.88. The molecule has 0 aromatic heterocycles. The van der Waals surface area contributed by atoms with Crippen LogP contribution in [0.2, 0.25) is 0 Å². The predicted octanol–water partition coefficient (Wildman–Crippen LogP) is 7.33. The lowest BCUT2D eigenvalue weighted by Crippen LogP contribution is -2.52. The highest BCUT2D eigenvalue weighted by atomic mass is 31.1. The average molecular weight is 542 g/mol. The fourth-order valence-electron chi connectivity index (χ4n) is 5.64. The minimum atomic E-state index is -2.47. The largest absolute Gasteiger partial charge is 0.293 e. The van der Waals surface area contributed by atoms with E-state index in [1.165, 1.54) is 0 Å². The van der Waals surface area contributed by atoms with E-state index in [1.807, 2.05) is 0 Å². The van der Waals surface area contributed by atoms with Gasteiger partial charge in [0.05, 0.1) is 0 Å². The molecule has 2 aromatic carbocycles. The molecular weight excluding hydrogens is 520 g/mol. The standard InChI is InChI=1S/C24H22BF10P/c26-15-13(16(27)20(31)23(34)19(15)30)25(14-17(28)21(32)24(35)22(33)18(14)29)36(11-7-3-1-4-8-11)12-9-5-2-6-10-12/h11-12H,1-10H2/q-1. The van der Waals surface area contributed by atoms with Gasteiger partial charge in [-0.1, -0.05) is 49.8 Å². The second kappa shape index (κ2) is 10.9. The molecule has 12 heteroatoms. The minimum absolute atomic E-state index is 0.410. The minimum Gasteiger partial charge on any atom is -0.293 e. The van der Waals surface area contributed by atoms with E-state index in [0.29, 0.717) is 51.4 Å². The van der Waals surface area contributed by atoms with Crippen LogP contribution < -0.4 is 10.9 Å². The normalized spacial score (nSPS) is 18.0. The van der Waals surface area contributed by atoms with Crippen molar-refractivity contribution in [2.24, 2.45) is 0 Å². The highest BCUT2D eigenvalue weighted by Gasteiger charge is 2.38. The number of rotatable bonds is 5. The van der Waals surface area contributed by atoms with Crippen molar-refractivity contribution < 1.29 is 43.9 Å². The Morgan fingerprint density at radius 1 is 0.389 bits per heavy atom. The second-order valence-electron chi connectivity index (χ2n) is 9.40. The number of hydrogen-bond acceptors (Lipinski definition) is 0. The molecule has 0 nitrogen and oxygen atoms in total. The number of hydrogen-bond donors (Lipinski definition) is 0. The highest BCUT2D eigenvalue weighted by molar-refractivity contribution is 7.95. The van der Waals surface area contributed by atoms with Crippen LogP contribution in [0, 0.1) is 58.2 Å². The van der Waals surface area contributed by atoms with E-state index in [-0.39, 0.29) is 0 Å². The molecule has 2 saturated carbocycles. The first-order chi connectivity index (χ1) is 17.1. The van der Waals surface area contributed by atoms with Gasteiger partial charge in [0.25, 0.3) is 0 Å². The Morgan fingerprint density at radius 3 is 0.917 bits per heavy atom. The van der Waals surface area contributed by atoms with Crippen molar-refractivity contribution in [3.8, 4) is 0 Å². The van der Waals surface area contributed by atoms with E-state index >= 15 is 17.6 Å². The van der Waals surface area contributed by atoms with E-state index in [2.05, 4.69) is 0 Å². The van der Waals surface area contributed by atoms with Gasteiger partial charge < -0.3 is 0 Å². The van der Waals surface area contributed by atoms with Gasteiger partial charge in [-0.15, -0.1) is 0 Å². The van der Waals surface area contributed by atoms with E-state index in [4.69, 9.17) is 0 Å². The summed E-state index contributed by atoms with van der Waals surface area (Å²) in [6.07, 6.45) is 3.93.